The number of carbonyl (C=O) groups is 2. The summed E-state index contributed by atoms with van der Waals surface area (Å²) in [7, 11) is 4.84. The van der Waals surface area contributed by atoms with Gasteiger partial charge in [0.25, 0.3) is 0 Å². The van der Waals surface area contributed by atoms with Gasteiger partial charge >= 0.3 is 5.97 Å². The first kappa shape index (κ1) is 13.9. The number of nitrogens with two attached hydrogens (primary N) is 1. The van der Waals surface area contributed by atoms with Crippen LogP contribution < -0.4 is 5.73 Å². The van der Waals surface area contributed by atoms with Gasteiger partial charge in [-0.25, -0.2) is 4.79 Å². The number of aryl methyl sites for hydroxylation is 2. The average molecular weight is 275 g/mol. The van der Waals surface area contributed by atoms with Crippen molar-refractivity contribution in [1.29, 1.82) is 0 Å². The lowest BCUT2D eigenvalue weighted by molar-refractivity contribution is 0.0589. The zero-order valence-electron chi connectivity index (χ0n) is 11.7. The summed E-state index contributed by atoms with van der Waals surface area (Å²) >= 11 is 0. The Morgan fingerprint density at radius 1 is 1.15 bits per heavy atom. The van der Waals surface area contributed by atoms with Crippen molar-refractivity contribution in [2.45, 2.75) is 6.42 Å². The highest BCUT2D eigenvalue weighted by Gasteiger charge is 2.16. The zero-order valence-corrected chi connectivity index (χ0v) is 11.7. The van der Waals surface area contributed by atoms with E-state index in [0.29, 0.717) is 17.1 Å². The molecule has 0 saturated carbocycles. The standard InChI is InChI=1S/C14H17N3O3/c1-16-7-9(4-12(16)14(19)20-3)5-13(18)11-6-10(15)8-17(11)2/h4,6-8H,5,15H2,1-3H3. The van der Waals surface area contributed by atoms with Crippen LogP contribution in [0.2, 0.25) is 0 Å². The fourth-order valence-corrected chi connectivity index (χ4v) is 2.18. The summed E-state index contributed by atoms with van der Waals surface area (Å²) < 4.78 is 8.02. The lowest BCUT2D eigenvalue weighted by atomic mass is 10.1. The van der Waals surface area contributed by atoms with Crippen LogP contribution in [0.25, 0.3) is 0 Å². The maximum absolute atomic E-state index is 12.2. The summed E-state index contributed by atoms with van der Waals surface area (Å²) in [6, 6.07) is 3.31. The highest BCUT2D eigenvalue weighted by atomic mass is 16.5. The number of Topliss-reactive ketones (excluding diaryl/α,β-unsaturated/α-hetero) is 1. The molecule has 2 aromatic heterocycles. The largest absolute Gasteiger partial charge is 0.464 e. The summed E-state index contributed by atoms with van der Waals surface area (Å²) in [5.41, 5.74) is 7.94. The first-order valence-electron chi connectivity index (χ1n) is 6.11. The van der Waals surface area contributed by atoms with Crippen LogP contribution in [0.5, 0.6) is 0 Å². The molecule has 2 rings (SSSR count). The smallest absolute Gasteiger partial charge is 0.354 e. The van der Waals surface area contributed by atoms with E-state index in [1.54, 1.807) is 47.8 Å². The Morgan fingerprint density at radius 3 is 2.35 bits per heavy atom. The third-order valence-electron chi connectivity index (χ3n) is 3.13. The Hall–Kier alpha value is -2.50. The van der Waals surface area contributed by atoms with Crippen LogP contribution >= 0.6 is 0 Å². The van der Waals surface area contributed by atoms with E-state index in [1.807, 2.05) is 0 Å². The topological polar surface area (TPSA) is 79.2 Å². The van der Waals surface area contributed by atoms with Gasteiger partial charge in [0.1, 0.15) is 5.69 Å². The molecule has 0 saturated heterocycles. The van der Waals surface area contributed by atoms with Gasteiger partial charge in [-0.1, -0.05) is 0 Å². The highest BCUT2D eigenvalue weighted by molar-refractivity contribution is 5.97. The zero-order chi connectivity index (χ0) is 14.9. The summed E-state index contributed by atoms with van der Waals surface area (Å²) in [5.74, 6) is -0.472. The van der Waals surface area contributed by atoms with Gasteiger partial charge in [-0.2, -0.15) is 0 Å². The van der Waals surface area contributed by atoms with E-state index in [1.165, 1.54) is 7.11 Å². The molecule has 0 aliphatic heterocycles. The first-order chi connectivity index (χ1) is 9.42. The summed E-state index contributed by atoms with van der Waals surface area (Å²) in [4.78, 5) is 23.7. The number of hydrogen-bond acceptors (Lipinski definition) is 4. The number of nitrogens with zero attached hydrogens (tertiary/aromatic N) is 2. The number of methoxy groups -OCH3 is 1. The molecule has 0 aliphatic rings. The summed E-state index contributed by atoms with van der Waals surface area (Å²) in [5, 5.41) is 0. The van der Waals surface area contributed by atoms with Crippen LogP contribution in [0.15, 0.2) is 24.5 Å². The van der Waals surface area contributed by atoms with E-state index in [0.717, 1.165) is 5.56 Å². The number of rotatable bonds is 4. The maximum atomic E-state index is 12.2. The quantitative estimate of drug-likeness (QED) is 0.670. The van der Waals surface area contributed by atoms with Gasteiger partial charge in [0.05, 0.1) is 18.5 Å². The molecule has 2 N–H and O–H groups in total. The molecule has 20 heavy (non-hydrogen) atoms. The maximum Gasteiger partial charge on any atom is 0.354 e. The van der Waals surface area contributed by atoms with Gasteiger partial charge in [0.2, 0.25) is 0 Å². The number of aromatic nitrogens is 2. The predicted octanol–water partition coefficient (Wildman–Crippen LogP) is 1.16. The van der Waals surface area contributed by atoms with Crippen molar-refractivity contribution in [3.05, 3.63) is 41.5 Å². The second-order valence-corrected chi connectivity index (χ2v) is 4.71. The minimum absolute atomic E-state index is 0.0498. The fraction of sp³-hybridized carbons (Fsp3) is 0.286. The second-order valence-electron chi connectivity index (χ2n) is 4.71. The first-order valence-corrected chi connectivity index (χ1v) is 6.11. The minimum Gasteiger partial charge on any atom is -0.464 e. The molecule has 0 amide bonds. The van der Waals surface area contributed by atoms with E-state index in [4.69, 9.17) is 5.73 Å². The number of ketones is 1. The average Bonchev–Trinajstić information content (AvgIpc) is 2.91. The molecule has 0 radical (unpaired) electrons. The van der Waals surface area contributed by atoms with Crippen LogP contribution in [-0.4, -0.2) is 28.0 Å². The number of hydrogen-bond donors (Lipinski definition) is 1. The lowest BCUT2D eigenvalue weighted by Crippen LogP contribution is -2.07. The van der Waals surface area contributed by atoms with Crippen LogP contribution in [0, 0.1) is 0 Å². The molecular weight excluding hydrogens is 258 g/mol. The number of anilines is 1. The molecule has 0 aromatic carbocycles. The molecule has 0 fully saturated rings. The monoisotopic (exact) mass is 275 g/mol. The molecule has 106 valence electrons. The van der Waals surface area contributed by atoms with Crippen molar-refractivity contribution < 1.29 is 14.3 Å². The molecule has 0 bridgehead atoms. The van der Waals surface area contributed by atoms with Crippen LogP contribution in [-0.2, 0) is 25.3 Å². The Labute approximate surface area is 116 Å². The minimum atomic E-state index is -0.422. The van der Waals surface area contributed by atoms with Gasteiger partial charge in [0, 0.05) is 32.9 Å². The molecule has 2 heterocycles. The molecular formula is C14H17N3O3. The van der Waals surface area contributed by atoms with Crippen molar-refractivity contribution >= 4 is 17.4 Å². The Morgan fingerprint density at radius 2 is 1.80 bits per heavy atom. The highest BCUT2D eigenvalue weighted by Crippen LogP contribution is 2.15. The van der Waals surface area contributed by atoms with Gasteiger partial charge in [-0.05, 0) is 17.7 Å². The van der Waals surface area contributed by atoms with E-state index in [-0.39, 0.29) is 12.2 Å². The third kappa shape index (κ3) is 2.59. The van der Waals surface area contributed by atoms with E-state index < -0.39 is 5.97 Å². The molecule has 2 aromatic rings. The molecule has 0 atom stereocenters. The number of ether oxygens (including phenoxy) is 1. The SMILES string of the molecule is COC(=O)c1cc(CC(=O)c2cc(N)cn2C)cn1C. The normalized spacial score (nSPS) is 10.6. The van der Waals surface area contributed by atoms with E-state index in [2.05, 4.69) is 4.74 Å². The second kappa shape index (κ2) is 5.24. The Kier molecular flexibility index (Phi) is 3.65. The van der Waals surface area contributed by atoms with Gasteiger partial charge in [0.15, 0.2) is 5.78 Å². The van der Waals surface area contributed by atoms with Crippen molar-refractivity contribution in [3.8, 4) is 0 Å². The number of esters is 1. The molecule has 6 heteroatoms. The van der Waals surface area contributed by atoms with Gasteiger partial charge < -0.3 is 19.6 Å². The summed E-state index contributed by atoms with van der Waals surface area (Å²) in [6.07, 6.45) is 3.65. The Balaban J connectivity index is 2.20. The van der Waals surface area contributed by atoms with Crippen LogP contribution in [0.3, 0.4) is 0 Å². The number of carbonyl (C=O) groups excluding carboxylic acids is 2. The Bertz CT molecular complexity index is 667. The molecule has 0 unspecified atom stereocenters. The van der Waals surface area contributed by atoms with Crippen molar-refractivity contribution in [1.82, 2.24) is 9.13 Å². The van der Waals surface area contributed by atoms with E-state index in [9.17, 15) is 9.59 Å². The van der Waals surface area contributed by atoms with Crippen molar-refractivity contribution in [3.63, 3.8) is 0 Å². The molecule has 0 aliphatic carbocycles. The van der Waals surface area contributed by atoms with Crippen LogP contribution in [0.1, 0.15) is 26.5 Å². The van der Waals surface area contributed by atoms with Gasteiger partial charge in [-0.15, -0.1) is 0 Å². The third-order valence-corrected chi connectivity index (χ3v) is 3.13. The number of nitrogen functional groups attached to an aromatic ring is 1. The van der Waals surface area contributed by atoms with Gasteiger partial charge in [-0.3, -0.25) is 4.79 Å². The van der Waals surface area contributed by atoms with Crippen LogP contribution in [0.4, 0.5) is 5.69 Å². The molecule has 0 spiro atoms. The fourth-order valence-electron chi connectivity index (χ4n) is 2.18. The van der Waals surface area contributed by atoms with Crippen molar-refractivity contribution in [2.75, 3.05) is 12.8 Å². The van der Waals surface area contributed by atoms with Crippen molar-refractivity contribution in [2.24, 2.45) is 14.1 Å². The summed E-state index contributed by atoms with van der Waals surface area (Å²) in [6.45, 7) is 0. The molecule has 6 nitrogen and oxygen atoms in total. The predicted molar refractivity (Wildman–Crippen MR) is 74.6 cm³/mol. The van der Waals surface area contributed by atoms with E-state index >= 15 is 0 Å². The lowest BCUT2D eigenvalue weighted by Gasteiger charge is -2.00.